The fourth-order valence-corrected chi connectivity index (χ4v) is 4.19. The maximum atomic E-state index is 3.75. The molecule has 1 unspecified atom stereocenters. The van der Waals surface area contributed by atoms with Crippen LogP contribution in [0.3, 0.4) is 0 Å². The second-order valence-electron chi connectivity index (χ2n) is 6.33. The molecule has 2 nitrogen and oxygen atoms in total. The second kappa shape index (κ2) is 6.62. The summed E-state index contributed by atoms with van der Waals surface area (Å²) in [5, 5.41) is 4.69. The molecule has 3 heteroatoms. The van der Waals surface area contributed by atoms with Gasteiger partial charge in [-0.25, -0.2) is 0 Å². The number of hydrogen-bond acceptors (Lipinski definition) is 3. The summed E-state index contributed by atoms with van der Waals surface area (Å²) in [6.07, 6.45) is 10.5. The summed E-state index contributed by atoms with van der Waals surface area (Å²) in [4.78, 5) is 2.79. The molecule has 106 valence electrons. The molecule has 0 amide bonds. The van der Waals surface area contributed by atoms with E-state index in [2.05, 4.69) is 42.1 Å². The summed E-state index contributed by atoms with van der Waals surface area (Å²) in [6, 6.07) is 0.860. The van der Waals surface area contributed by atoms with Crippen LogP contribution in [0.2, 0.25) is 0 Å². The molecule has 2 fully saturated rings. The summed E-state index contributed by atoms with van der Waals surface area (Å²) >= 11 is 2.07. The first-order chi connectivity index (χ1) is 8.67. The molecule has 0 aromatic rings. The van der Waals surface area contributed by atoms with Crippen LogP contribution in [0.25, 0.3) is 0 Å². The van der Waals surface area contributed by atoms with Crippen LogP contribution in [-0.4, -0.2) is 47.6 Å². The topological polar surface area (TPSA) is 15.3 Å². The van der Waals surface area contributed by atoms with Gasteiger partial charge in [-0.1, -0.05) is 6.92 Å². The third-order valence-corrected chi connectivity index (χ3v) is 6.14. The van der Waals surface area contributed by atoms with Gasteiger partial charge in [-0.2, -0.15) is 11.8 Å². The fraction of sp³-hybridized carbons (Fsp3) is 1.00. The SMILES string of the molecule is CCC1(C)CN(C2CCC(SC)CC2)CCCN1. The molecule has 1 saturated heterocycles. The van der Waals surface area contributed by atoms with Gasteiger partial charge in [0.05, 0.1) is 0 Å². The Balaban J connectivity index is 1.91. The van der Waals surface area contributed by atoms with Gasteiger partial charge in [-0.15, -0.1) is 0 Å². The largest absolute Gasteiger partial charge is 0.310 e. The van der Waals surface area contributed by atoms with Gasteiger partial charge in [0.25, 0.3) is 0 Å². The summed E-state index contributed by atoms with van der Waals surface area (Å²) in [6.45, 7) is 8.47. The molecule has 1 aliphatic carbocycles. The van der Waals surface area contributed by atoms with E-state index in [4.69, 9.17) is 0 Å². The number of rotatable bonds is 3. The molecule has 1 N–H and O–H groups in total. The Morgan fingerprint density at radius 3 is 2.61 bits per heavy atom. The molecule has 0 aromatic heterocycles. The van der Waals surface area contributed by atoms with E-state index in [1.165, 1.54) is 58.2 Å². The molecule has 1 saturated carbocycles. The predicted molar refractivity (Wildman–Crippen MR) is 82.4 cm³/mol. The first-order valence-electron chi connectivity index (χ1n) is 7.69. The van der Waals surface area contributed by atoms with E-state index in [0.29, 0.717) is 5.54 Å². The van der Waals surface area contributed by atoms with Gasteiger partial charge >= 0.3 is 0 Å². The maximum absolute atomic E-state index is 3.75. The highest BCUT2D eigenvalue weighted by Gasteiger charge is 2.32. The lowest BCUT2D eigenvalue weighted by Crippen LogP contribution is -2.51. The van der Waals surface area contributed by atoms with Crippen LogP contribution >= 0.6 is 11.8 Å². The van der Waals surface area contributed by atoms with Gasteiger partial charge in [0.15, 0.2) is 0 Å². The normalized spacial score (nSPS) is 39.5. The molecule has 0 radical (unpaired) electrons. The zero-order chi connectivity index (χ0) is 13.0. The lowest BCUT2D eigenvalue weighted by atomic mass is 9.91. The Kier molecular flexibility index (Phi) is 5.40. The van der Waals surface area contributed by atoms with E-state index in [1.54, 1.807) is 0 Å². The summed E-state index contributed by atoms with van der Waals surface area (Å²) in [5.41, 5.74) is 0.340. The van der Waals surface area contributed by atoms with Crippen LogP contribution in [0.4, 0.5) is 0 Å². The van der Waals surface area contributed by atoms with Gasteiger partial charge in [0, 0.05) is 23.4 Å². The van der Waals surface area contributed by atoms with Crippen molar-refractivity contribution < 1.29 is 0 Å². The van der Waals surface area contributed by atoms with E-state index in [9.17, 15) is 0 Å². The van der Waals surface area contributed by atoms with Gasteiger partial charge in [0.2, 0.25) is 0 Å². The minimum absolute atomic E-state index is 0.340. The van der Waals surface area contributed by atoms with Crippen LogP contribution in [0.15, 0.2) is 0 Å². The van der Waals surface area contributed by atoms with Crippen LogP contribution in [0.5, 0.6) is 0 Å². The van der Waals surface area contributed by atoms with Crippen molar-refractivity contribution in [1.82, 2.24) is 10.2 Å². The minimum atomic E-state index is 0.340. The highest BCUT2D eigenvalue weighted by atomic mass is 32.2. The maximum Gasteiger partial charge on any atom is 0.0277 e. The lowest BCUT2D eigenvalue weighted by Gasteiger charge is -2.40. The van der Waals surface area contributed by atoms with Crippen LogP contribution in [0, 0.1) is 0 Å². The van der Waals surface area contributed by atoms with Crippen molar-refractivity contribution in [3.8, 4) is 0 Å². The van der Waals surface area contributed by atoms with Crippen molar-refractivity contribution >= 4 is 11.8 Å². The van der Waals surface area contributed by atoms with Crippen molar-refractivity contribution in [1.29, 1.82) is 0 Å². The van der Waals surface area contributed by atoms with Crippen molar-refractivity contribution in [2.45, 2.75) is 69.2 Å². The predicted octanol–water partition coefficient (Wildman–Crippen LogP) is 3.12. The van der Waals surface area contributed by atoms with E-state index in [-0.39, 0.29) is 0 Å². The van der Waals surface area contributed by atoms with Gasteiger partial charge in [0.1, 0.15) is 0 Å². The third kappa shape index (κ3) is 3.64. The average Bonchev–Trinajstić information content (AvgIpc) is 2.62. The molecule has 1 atom stereocenters. The van der Waals surface area contributed by atoms with Crippen molar-refractivity contribution in [3.63, 3.8) is 0 Å². The van der Waals surface area contributed by atoms with Gasteiger partial charge in [-0.05, 0) is 64.8 Å². The molecule has 1 heterocycles. The molecule has 2 rings (SSSR count). The Bertz CT molecular complexity index is 251. The van der Waals surface area contributed by atoms with E-state index < -0.39 is 0 Å². The van der Waals surface area contributed by atoms with Crippen molar-refractivity contribution in [2.75, 3.05) is 25.9 Å². The molecular formula is C15H30N2S. The van der Waals surface area contributed by atoms with Gasteiger partial charge in [-0.3, -0.25) is 4.90 Å². The van der Waals surface area contributed by atoms with Crippen LogP contribution in [-0.2, 0) is 0 Å². The molecule has 2 aliphatic rings. The molecule has 0 aromatic carbocycles. The third-order valence-electron chi connectivity index (χ3n) is 5.00. The minimum Gasteiger partial charge on any atom is -0.310 e. The monoisotopic (exact) mass is 270 g/mol. The van der Waals surface area contributed by atoms with Crippen molar-refractivity contribution in [2.24, 2.45) is 0 Å². The number of nitrogens with one attached hydrogen (secondary N) is 1. The first-order valence-corrected chi connectivity index (χ1v) is 8.97. The Morgan fingerprint density at radius 1 is 1.28 bits per heavy atom. The molecule has 18 heavy (non-hydrogen) atoms. The number of nitrogens with zero attached hydrogens (tertiary/aromatic N) is 1. The fourth-order valence-electron chi connectivity index (χ4n) is 3.45. The van der Waals surface area contributed by atoms with E-state index in [1.807, 2.05) is 0 Å². The Hall–Kier alpha value is 0.270. The van der Waals surface area contributed by atoms with E-state index in [0.717, 1.165) is 11.3 Å². The zero-order valence-corrected chi connectivity index (χ0v) is 13.2. The Morgan fingerprint density at radius 2 is 2.00 bits per heavy atom. The van der Waals surface area contributed by atoms with E-state index >= 15 is 0 Å². The van der Waals surface area contributed by atoms with Crippen LogP contribution < -0.4 is 5.32 Å². The van der Waals surface area contributed by atoms with Gasteiger partial charge < -0.3 is 5.32 Å². The first kappa shape index (κ1) is 14.7. The summed E-state index contributed by atoms with van der Waals surface area (Å²) in [7, 11) is 0. The Labute approximate surface area is 117 Å². The molecule has 0 bridgehead atoms. The van der Waals surface area contributed by atoms with Crippen LogP contribution in [0.1, 0.15) is 52.4 Å². The number of thioether (sulfide) groups is 1. The standard InChI is InChI=1S/C15H30N2S/c1-4-15(2)12-17(11-5-10-16-15)13-6-8-14(18-3)9-7-13/h13-14,16H,4-12H2,1-3H3. The molecule has 1 aliphatic heterocycles. The second-order valence-corrected chi connectivity index (χ2v) is 7.47. The molecular weight excluding hydrogens is 240 g/mol. The average molecular weight is 270 g/mol. The lowest BCUT2D eigenvalue weighted by molar-refractivity contribution is 0.131. The molecule has 0 spiro atoms. The van der Waals surface area contributed by atoms with Crippen molar-refractivity contribution in [3.05, 3.63) is 0 Å². The number of hydrogen-bond donors (Lipinski definition) is 1. The zero-order valence-electron chi connectivity index (χ0n) is 12.4. The summed E-state index contributed by atoms with van der Waals surface area (Å²) < 4.78 is 0. The quantitative estimate of drug-likeness (QED) is 0.848. The summed E-state index contributed by atoms with van der Waals surface area (Å²) in [5.74, 6) is 0. The highest BCUT2D eigenvalue weighted by molar-refractivity contribution is 7.99. The smallest absolute Gasteiger partial charge is 0.0277 e. The highest BCUT2D eigenvalue weighted by Crippen LogP contribution is 2.31.